The Morgan fingerprint density at radius 2 is 2.00 bits per heavy atom. The van der Waals surface area contributed by atoms with Crippen molar-refractivity contribution in [2.75, 3.05) is 13.2 Å². The second kappa shape index (κ2) is 8.08. The van der Waals surface area contributed by atoms with Crippen molar-refractivity contribution in [1.82, 2.24) is 0 Å². The molecule has 1 heterocycles. The second-order valence-corrected chi connectivity index (χ2v) is 14.2. The van der Waals surface area contributed by atoms with E-state index < -0.39 is 8.32 Å². The van der Waals surface area contributed by atoms with Gasteiger partial charge in [0.1, 0.15) is 0 Å². The number of hydrogen-bond acceptors (Lipinski definition) is 3. The summed E-state index contributed by atoms with van der Waals surface area (Å²) < 4.78 is 13.1. The smallest absolute Gasteiger partial charge is 0.192 e. The van der Waals surface area contributed by atoms with Gasteiger partial charge < -0.3 is 14.3 Å². The summed E-state index contributed by atoms with van der Waals surface area (Å²) >= 11 is 0. The number of hydrogen-bond donors (Lipinski definition) is 1. The van der Waals surface area contributed by atoms with E-state index in [0.29, 0.717) is 18.4 Å². The van der Waals surface area contributed by atoms with Gasteiger partial charge in [0, 0.05) is 11.8 Å². The average Bonchev–Trinajstić information content (AvgIpc) is 2.90. The lowest BCUT2D eigenvalue weighted by atomic mass is 9.88. The predicted molar refractivity (Wildman–Crippen MR) is 107 cm³/mol. The number of aliphatic hydroxyl groups is 1. The summed E-state index contributed by atoms with van der Waals surface area (Å²) in [7, 11) is -1.83. The predicted octanol–water partition coefficient (Wildman–Crippen LogP) is 5.08. The SMILES string of the molecule is C=C(C)[C@@H]1CC[C@H]([C@H]2CC/C(=C/CO)CO2)[C@H]1O[Si](C)(C)C(C)(C)C. The maximum absolute atomic E-state index is 9.08. The molecule has 4 heteroatoms. The molecule has 25 heavy (non-hydrogen) atoms. The highest BCUT2D eigenvalue weighted by atomic mass is 28.4. The lowest BCUT2D eigenvalue weighted by Gasteiger charge is -2.43. The van der Waals surface area contributed by atoms with Gasteiger partial charge in [0.25, 0.3) is 0 Å². The molecule has 0 amide bonds. The van der Waals surface area contributed by atoms with Crippen LogP contribution < -0.4 is 0 Å². The van der Waals surface area contributed by atoms with Crippen LogP contribution >= 0.6 is 0 Å². The minimum absolute atomic E-state index is 0.113. The van der Waals surface area contributed by atoms with Crippen LogP contribution in [0.4, 0.5) is 0 Å². The van der Waals surface area contributed by atoms with Crippen LogP contribution in [-0.4, -0.2) is 38.8 Å². The van der Waals surface area contributed by atoms with Gasteiger partial charge in [-0.1, -0.05) is 39.0 Å². The Morgan fingerprint density at radius 1 is 1.32 bits per heavy atom. The Balaban J connectivity index is 2.14. The van der Waals surface area contributed by atoms with E-state index >= 15 is 0 Å². The van der Waals surface area contributed by atoms with Crippen molar-refractivity contribution in [2.45, 2.75) is 83.7 Å². The Bertz CT molecular complexity index is 494. The third-order valence-corrected chi connectivity index (χ3v) is 11.1. The summed E-state index contributed by atoms with van der Waals surface area (Å²) in [5.74, 6) is 0.920. The van der Waals surface area contributed by atoms with Crippen LogP contribution in [0, 0.1) is 11.8 Å². The van der Waals surface area contributed by atoms with Gasteiger partial charge in [0.15, 0.2) is 8.32 Å². The van der Waals surface area contributed by atoms with Gasteiger partial charge in [0.2, 0.25) is 0 Å². The zero-order valence-electron chi connectivity index (χ0n) is 17.1. The van der Waals surface area contributed by atoms with E-state index in [9.17, 15) is 0 Å². The van der Waals surface area contributed by atoms with E-state index in [-0.39, 0.29) is 23.9 Å². The molecule has 1 N–H and O–H groups in total. The van der Waals surface area contributed by atoms with Crippen molar-refractivity contribution in [2.24, 2.45) is 11.8 Å². The van der Waals surface area contributed by atoms with Crippen LogP contribution in [0.3, 0.4) is 0 Å². The number of aliphatic hydroxyl groups excluding tert-OH is 1. The summed E-state index contributed by atoms with van der Waals surface area (Å²) in [6.45, 7) is 18.8. The first-order valence-electron chi connectivity index (χ1n) is 9.80. The number of rotatable bonds is 5. The standard InChI is InChI=1S/C21H38O3Si/c1-15(2)17-9-10-18(19-11-8-16(12-13-22)14-23-19)20(17)24-25(6,7)21(3,4)5/h12,17-20,22H,1,8-11,13-14H2,2-7H3/b16-12-/t17-,18+,19+,20-/m0/s1. The highest BCUT2D eigenvalue weighted by Crippen LogP contribution is 2.46. The summed E-state index contributed by atoms with van der Waals surface area (Å²) in [5.41, 5.74) is 2.48. The lowest BCUT2D eigenvalue weighted by Crippen LogP contribution is -2.48. The van der Waals surface area contributed by atoms with E-state index in [1.807, 2.05) is 6.08 Å². The molecule has 1 saturated heterocycles. The molecule has 1 aliphatic carbocycles. The summed E-state index contributed by atoms with van der Waals surface area (Å²) in [6.07, 6.45) is 6.81. The maximum atomic E-state index is 9.08. The minimum Gasteiger partial charge on any atom is -0.413 e. The highest BCUT2D eigenvalue weighted by molar-refractivity contribution is 6.74. The molecule has 0 aromatic heterocycles. The van der Waals surface area contributed by atoms with E-state index in [1.165, 1.54) is 24.0 Å². The van der Waals surface area contributed by atoms with E-state index in [0.717, 1.165) is 12.8 Å². The average molecular weight is 367 g/mol. The molecule has 0 aromatic rings. The minimum atomic E-state index is -1.83. The first-order valence-corrected chi connectivity index (χ1v) is 12.7. The van der Waals surface area contributed by atoms with Crippen LogP contribution in [0.5, 0.6) is 0 Å². The monoisotopic (exact) mass is 366 g/mol. The Hall–Kier alpha value is -0.423. The third-order valence-electron chi connectivity index (χ3n) is 6.59. The van der Waals surface area contributed by atoms with Crippen LogP contribution in [-0.2, 0) is 9.16 Å². The molecule has 0 unspecified atom stereocenters. The molecule has 2 aliphatic rings. The van der Waals surface area contributed by atoms with Crippen molar-refractivity contribution in [3.05, 3.63) is 23.8 Å². The molecular weight excluding hydrogens is 328 g/mol. The molecule has 0 aromatic carbocycles. The first kappa shape index (κ1) is 20.9. The summed E-state index contributed by atoms with van der Waals surface area (Å²) in [5, 5.41) is 9.29. The molecule has 0 bridgehead atoms. The van der Waals surface area contributed by atoms with Crippen molar-refractivity contribution in [1.29, 1.82) is 0 Å². The fraction of sp³-hybridized carbons (Fsp3) is 0.810. The van der Waals surface area contributed by atoms with E-state index in [2.05, 4.69) is 47.4 Å². The fourth-order valence-corrected chi connectivity index (χ4v) is 5.31. The van der Waals surface area contributed by atoms with Gasteiger partial charge in [-0.05, 0) is 56.3 Å². The molecule has 3 nitrogen and oxygen atoms in total. The van der Waals surface area contributed by atoms with Crippen molar-refractivity contribution in [3.63, 3.8) is 0 Å². The molecule has 144 valence electrons. The fourth-order valence-electron chi connectivity index (χ4n) is 3.93. The maximum Gasteiger partial charge on any atom is 0.192 e. The molecule has 2 rings (SSSR count). The second-order valence-electron chi connectivity index (χ2n) is 9.47. The van der Waals surface area contributed by atoms with Gasteiger partial charge in [-0.2, -0.15) is 0 Å². The van der Waals surface area contributed by atoms with Gasteiger partial charge >= 0.3 is 0 Å². The van der Waals surface area contributed by atoms with Gasteiger partial charge in [-0.3, -0.25) is 0 Å². The first-order chi connectivity index (χ1) is 11.6. The molecular formula is C21H38O3Si. The topological polar surface area (TPSA) is 38.7 Å². The molecule has 0 spiro atoms. The molecule has 1 aliphatic heterocycles. The Kier molecular flexibility index (Phi) is 6.75. The van der Waals surface area contributed by atoms with Crippen molar-refractivity contribution in [3.8, 4) is 0 Å². The van der Waals surface area contributed by atoms with Gasteiger partial charge in [0.05, 0.1) is 25.4 Å². The lowest BCUT2D eigenvalue weighted by molar-refractivity contribution is -0.0355. The quantitative estimate of drug-likeness (QED) is 0.545. The molecule has 4 atom stereocenters. The van der Waals surface area contributed by atoms with Gasteiger partial charge in [-0.15, -0.1) is 0 Å². The molecule has 0 radical (unpaired) electrons. The summed E-state index contributed by atoms with van der Waals surface area (Å²) in [6, 6.07) is 0. The third kappa shape index (κ3) is 4.85. The zero-order chi connectivity index (χ0) is 18.8. The Labute approximate surface area is 155 Å². The van der Waals surface area contributed by atoms with Crippen LogP contribution in [0.25, 0.3) is 0 Å². The van der Waals surface area contributed by atoms with Gasteiger partial charge in [-0.25, -0.2) is 0 Å². The van der Waals surface area contributed by atoms with E-state index in [1.54, 1.807) is 0 Å². The van der Waals surface area contributed by atoms with Crippen LogP contribution in [0.1, 0.15) is 53.4 Å². The van der Waals surface area contributed by atoms with Crippen LogP contribution in [0.2, 0.25) is 18.1 Å². The van der Waals surface area contributed by atoms with Crippen molar-refractivity contribution >= 4 is 8.32 Å². The summed E-state index contributed by atoms with van der Waals surface area (Å²) in [4.78, 5) is 0. The largest absolute Gasteiger partial charge is 0.413 e. The Morgan fingerprint density at radius 3 is 2.48 bits per heavy atom. The molecule has 2 fully saturated rings. The zero-order valence-corrected chi connectivity index (χ0v) is 18.1. The number of ether oxygens (including phenoxy) is 1. The van der Waals surface area contributed by atoms with E-state index in [4.69, 9.17) is 14.3 Å². The highest BCUT2D eigenvalue weighted by Gasteiger charge is 2.48. The normalized spacial score (nSPS) is 33.0. The molecule has 1 saturated carbocycles. The van der Waals surface area contributed by atoms with Crippen LogP contribution in [0.15, 0.2) is 23.8 Å². The van der Waals surface area contributed by atoms with Crippen molar-refractivity contribution < 1.29 is 14.3 Å².